The largest absolute Gasteiger partial charge is 0.327 e. The molecule has 6 rings (SSSR count). The van der Waals surface area contributed by atoms with Crippen molar-refractivity contribution in [1.82, 2.24) is 10.6 Å². The molecule has 4 aliphatic carbocycles. The van der Waals surface area contributed by atoms with Crippen molar-refractivity contribution in [3.63, 3.8) is 0 Å². The van der Waals surface area contributed by atoms with Gasteiger partial charge in [0, 0.05) is 18.6 Å². The third-order valence-corrected chi connectivity index (χ3v) is 9.63. The Balaban J connectivity index is 0.950. The summed E-state index contributed by atoms with van der Waals surface area (Å²) >= 11 is 0. The lowest BCUT2D eigenvalue weighted by atomic mass is 9.72. The average molecular weight is 420 g/mol. The van der Waals surface area contributed by atoms with Crippen molar-refractivity contribution in [2.75, 3.05) is 19.6 Å². The minimum Gasteiger partial charge on any atom is -0.327 e. The number of allylic oxidation sites excluding steroid dienone is 4. The van der Waals surface area contributed by atoms with Gasteiger partial charge in [0.2, 0.25) is 0 Å². The lowest BCUT2D eigenvalue weighted by Crippen LogP contribution is -2.35. The molecule has 0 amide bonds. The molecule has 168 valence electrons. The van der Waals surface area contributed by atoms with Gasteiger partial charge in [0.15, 0.2) is 0 Å². The number of nitrogens with two attached hydrogens (primary N) is 1. The zero-order chi connectivity index (χ0) is 20.8. The van der Waals surface area contributed by atoms with Crippen LogP contribution in [0.3, 0.4) is 0 Å². The first kappa shape index (κ1) is 20.4. The van der Waals surface area contributed by atoms with Crippen molar-refractivity contribution in [2.24, 2.45) is 59.0 Å². The maximum atomic E-state index is 5.55. The highest BCUT2D eigenvalue weighted by atomic mass is 15.0. The average Bonchev–Trinajstić information content (AvgIpc) is 3.53. The molecule has 0 aromatic heterocycles. The van der Waals surface area contributed by atoms with E-state index >= 15 is 0 Å². The second kappa shape index (κ2) is 8.65. The minimum atomic E-state index is 0.523. The molecule has 0 spiro atoms. The van der Waals surface area contributed by atoms with Gasteiger partial charge in [-0.25, -0.2) is 0 Å². The summed E-state index contributed by atoms with van der Waals surface area (Å²) in [5.41, 5.74) is 5.55. The first-order chi connectivity index (χ1) is 15.3. The topological polar surface area (TPSA) is 50.1 Å². The van der Waals surface area contributed by atoms with E-state index in [-0.39, 0.29) is 0 Å². The molecule has 3 nitrogen and oxygen atoms in total. The molecule has 3 heteroatoms. The first-order valence-electron chi connectivity index (χ1n) is 13.2. The molecule has 2 heterocycles. The first-order valence-corrected chi connectivity index (χ1v) is 13.2. The standard InChI is InChI=1S/C28H41N3/c29-15-2-1-3-23-12-13-24(31-23)26-27-25(28(26)27)21-10-8-19(9-11-21)18-4-6-20(7-5-18)22-14-16-30-17-22/h1-2,4,6,8,10,12-13,18-28,30-31H,3,5,7,9,11,14-17,29H2/b2-1-/t18-,19?,20?,21?,22?,23?,24?,25?,26-,27?,28-/m1/s1. The Morgan fingerprint density at radius 3 is 2.06 bits per heavy atom. The maximum absolute atomic E-state index is 5.55. The molecule has 2 aliphatic heterocycles. The highest BCUT2D eigenvalue weighted by Crippen LogP contribution is 2.77. The second-order valence-electron chi connectivity index (χ2n) is 11.3. The van der Waals surface area contributed by atoms with E-state index in [1.165, 1.54) is 45.2 Å². The van der Waals surface area contributed by atoms with Crippen LogP contribution in [0.15, 0.2) is 48.6 Å². The van der Waals surface area contributed by atoms with E-state index in [1.54, 1.807) is 0 Å². The van der Waals surface area contributed by atoms with Gasteiger partial charge in [-0.2, -0.15) is 0 Å². The van der Waals surface area contributed by atoms with Crippen LogP contribution >= 0.6 is 0 Å². The second-order valence-corrected chi connectivity index (χ2v) is 11.3. The van der Waals surface area contributed by atoms with Gasteiger partial charge < -0.3 is 16.4 Å². The molecule has 11 atom stereocenters. The third-order valence-electron chi connectivity index (χ3n) is 9.63. The summed E-state index contributed by atoms with van der Waals surface area (Å²) in [5.74, 6) is 8.21. The van der Waals surface area contributed by atoms with Crippen LogP contribution in [0.4, 0.5) is 0 Å². The van der Waals surface area contributed by atoms with E-state index in [0.717, 1.165) is 59.7 Å². The summed E-state index contributed by atoms with van der Waals surface area (Å²) in [4.78, 5) is 0. The summed E-state index contributed by atoms with van der Waals surface area (Å²) in [6.07, 6.45) is 27.7. The fourth-order valence-electron chi connectivity index (χ4n) is 7.72. The molecule has 0 aromatic rings. The lowest BCUT2D eigenvalue weighted by molar-refractivity contribution is 0.271. The molecule has 3 fully saturated rings. The molecular formula is C28H41N3. The Bertz CT molecular complexity index is 750. The molecule has 6 aliphatic rings. The van der Waals surface area contributed by atoms with Gasteiger partial charge in [0.1, 0.15) is 0 Å². The van der Waals surface area contributed by atoms with Crippen molar-refractivity contribution in [3.05, 3.63) is 48.6 Å². The van der Waals surface area contributed by atoms with Gasteiger partial charge >= 0.3 is 0 Å². The number of hydrogen-bond acceptors (Lipinski definition) is 3. The fraction of sp³-hybridized carbons (Fsp3) is 0.714. The summed E-state index contributed by atoms with van der Waals surface area (Å²) in [7, 11) is 0. The van der Waals surface area contributed by atoms with E-state index in [4.69, 9.17) is 5.73 Å². The van der Waals surface area contributed by atoms with Crippen molar-refractivity contribution in [2.45, 2.75) is 50.6 Å². The smallest absolute Gasteiger partial charge is 0.0290 e. The number of fused-ring (bicyclic) bond motifs is 1. The van der Waals surface area contributed by atoms with Gasteiger partial charge in [0.25, 0.3) is 0 Å². The highest BCUT2D eigenvalue weighted by molar-refractivity contribution is 5.30. The van der Waals surface area contributed by atoms with E-state index < -0.39 is 0 Å². The third kappa shape index (κ3) is 4.03. The van der Waals surface area contributed by atoms with Gasteiger partial charge in [-0.15, -0.1) is 0 Å². The molecule has 4 N–H and O–H groups in total. The molecule has 0 radical (unpaired) electrons. The van der Waals surface area contributed by atoms with Crippen LogP contribution in [-0.2, 0) is 0 Å². The Labute approximate surface area is 188 Å². The lowest BCUT2D eigenvalue weighted by Gasteiger charge is -2.34. The van der Waals surface area contributed by atoms with Crippen molar-refractivity contribution >= 4 is 0 Å². The minimum absolute atomic E-state index is 0.523. The SMILES string of the molecule is NC/C=C\CC1C=CC([C@@H]2C3C(C4C=CC([C@@H]5C=CC(C6CCNC6)CC5)CC4)[C@@H]32)N1. The summed E-state index contributed by atoms with van der Waals surface area (Å²) < 4.78 is 0. The maximum Gasteiger partial charge on any atom is 0.0290 e. The Hall–Kier alpha value is -1.16. The van der Waals surface area contributed by atoms with Crippen LogP contribution in [0.5, 0.6) is 0 Å². The number of rotatable bonds is 7. The van der Waals surface area contributed by atoms with E-state index in [2.05, 4.69) is 59.2 Å². The molecule has 2 saturated carbocycles. The zero-order valence-electron chi connectivity index (χ0n) is 18.9. The van der Waals surface area contributed by atoms with E-state index in [9.17, 15) is 0 Å². The predicted octanol–water partition coefficient (Wildman–Crippen LogP) is 4.05. The van der Waals surface area contributed by atoms with Gasteiger partial charge in [-0.05, 0) is 105 Å². The molecule has 0 aromatic carbocycles. The van der Waals surface area contributed by atoms with Crippen molar-refractivity contribution in [1.29, 1.82) is 0 Å². The number of hydrogen-bond donors (Lipinski definition) is 3. The van der Waals surface area contributed by atoms with Crippen molar-refractivity contribution in [3.8, 4) is 0 Å². The zero-order valence-corrected chi connectivity index (χ0v) is 18.9. The predicted molar refractivity (Wildman–Crippen MR) is 128 cm³/mol. The van der Waals surface area contributed by atoms with E-state index in [0.29, 0.717) is 18.6 Å². The molecule has 8 unspecified atom stereocenters. The van der Waals surface area contributed by atoms with Crippen molar-refractivity contribution < 1.29 is 0 Å². The van der Waals surface area contributed by atoms with Crippen LogP contribution in [0.1, 0.15) is 38.5 Å². The number of nitrogens with one attached hydrogen (secondary N) is 2. The summed E-state index contributed by atoms with van der Waals surface area (Å²) in [6.45, 7) is 3.13. The Kier molecular flexibility index (Phi) is 5.70. The van der Waals surface area contributed by atoms with Gasteiger partial charge in [-0.3, -0.25) is 0 Å². The fourth-order valence-corrected chi connectivity index (χ4v) is 7.72. The monoisotopic (exact) mass is 419 g/mol. The van der Waals surface area contributed by atoms with Crippen LogP contribution in [0.2, 0.25) is 0 Å². The van der Waals surface area contributed by atoms with Gasteiger partial charge in [-0.1, -0.05) is 48.6 Å². The molecular weight excluding hydrogens is 378 g/mol. The molecule has 0 bridgehead atoms. The van der Waals surface area contributed by atoms with Gasteiger partial charge in [0.05, 0.1) is 0 Å². The van der Waals surface area contributed by atoms with Crippen LogP contribution < -0.4 is 16.4 Å². The Morgan fingerprint density at radius 2 is 1.42 bits per heavy atom. The quantitative estimate of drug-likeness (QED) is 0.546. The normalized spacial score (nSPS) is 50.3. The van der Waals surface area contributed by atoms with Crippen LogP contribution in [-0.4, -0.2) is 31.7 Å². The van der Waals surface area contributed by atoms with E-state index in [1.807, 2.05) is 0 Å². The summed E-state index contributed by atoms with van der Waals surface area (Å²) in [6, 6.07) is 1.16. The van der Waals surface area contributed by atoms with Crippen LogP contribution in [0, 0.1) is 53.3 Å². The Morgan fingerprint density at radius 1 is 0.710 bits per heavy atom. The molecule has 1 saturated heterocycles. The molecule has 31 heavy (non-hydrogen) atoms. The summed E-state index contributed by atoms with van der Waals surface area (Å²) in [5, 5.41) is 7.38. The van der Waals surface area contributed by atoms with Crippen LogP contribution in [0.25, 0.3) is 0 Å². The highest BCUT2D eigenvalue weighted by Gasteiger charge is 2.75.